The van der Waals surface area contributed by atoms with Gasteiger partial charge in [0.15, 0.2) is 5.79 Å². The minimum atomic E-state index is -0.310. The molecular formula is C15H19IO3. The molecule has 4 heteroatoms. The Kier molecular flexibility index (Phi) is 4.12. The third-order valence-electron chi connectivity index (χ3n) is 4.27. The molecule has 0 amide bonds. The fourth-order valence-corrected chi connectivity index (χ4v) is 3.72. The molecule has 19 heavy (non-hydrogen) atoms. The fraction of sp³-hybridized carbons (Fsp3) is 0.600. The molecule has 3 nitrogen and oxygen atoms in total. The number of hydrogen-bond donors (Lipinski definition) is 0. The summed E-state index contributed by atoms with van der Waals surface area (Å²) >= 11 is 2.06. The van der Waals surface area contributed by atoms with Gasteiger partial charge >= 0.3 is 0 Å². The summed E-state index contributed by atoms with van der Waals surface area (Å²) in [6, 6.07) is 10.6. The van der Waals surface area contributed by atoms with Crippen molar-refractivity contribution in [3.8, 4) is 0 Å². The van der Waals surface area contributed by atoms with E-state index >= 15 is 0 Å². The van der Waals surface area contributed by atoms with Crippen LogP contribution in [0.5, 0.6) is 0 Å². The second kappa shape index (κ2) is 5.68. The second-order valence-corrected chi connectivity index (χ2v) is 5.97. The zero-order chi connectivity index (χ0) is 13.2. The molecule has 0 aromatic heterocycles. The Morgan fingerprint density at radius 1 is 1.00 bits per heavy atom. The minimum Gasteiger partial charge on any atom is -0.348 e. The molecule has 0 radical (unpaired) electrons. The summed E-state index contributed by atoms with van der Waals surface area (Å²) in [7, 11) is 0. The van der Waals surface area contributed by atoms with Crippen molar-refractivity contribution in [2.45, 2.75) is 43.5 Å². The standard InChI is InChI=1S/C15H19IO3/c16-19-14(12-13-4-2-1-3-5-13)6-8-15(9-7-14)17-10-11-18-15/h1-5H,6-12H2. The van der Waals surface area contributed by atoms with E-state index in [0.717, 1.165) is 45.3 Å². The van der Waals surface area contributed by atoms with Crippen LogP contribution in [-0.2, 0) is 19.0 Å². The molecule has 1 aliphatic heterocycles. The maximum absolute atomic E-state index is 5.84. The van der Waals surface area contributed by atoms with Crippen LogP contribution in [0.15, 0.2) is 30.3 Å². The normalized spacial score (nSPS) is 24.7. The maximum atomic E-state index is 5.84. The van der Waals surface area contributed by atoms with Gasteiger partial charge in [0.05, 0.1) is 18.8 Å². The van der Waals surface area contributed by atoms with Gasteiger partial charge in [0.25, 0.3) is 0 Å². The molecule has 1 heterocycles. The third-order valence-corrected chi connectivity index (χ3v) is 5.20. The number of rotatable bonds is 3. The van der Waals surface area contributed by atoms with Crippen LogP contribution in [-0.4, -0.2) is 24.6 Å². The van der Waals surface area contributed by atoms with Crippen molar-refractivity contribution in [1.29, 1.82) is 0 Å². The average molecular weight is 374 g/mol. The molecule has 1 aliphatic carbocycles. The highest BCUT2D eigenvalue weighted by atomic mass is 127. The van der Waals surface area contributed by atoms with Gasteiger partial charge in [-0.25, -0.2) is 0 Å². The molecule has 0 atom stereocenters. The Labute approximate surface area is 128 Å². The monoisotopic (exact) mass is 374 g/mol. The third kappa shape index (κ3) is 2.96. The largest absolute Gasteiger partial charge is 0.348 e. The number of halogens is 1. The van der Waals surface area contributed by atoms with Crippen LogP contribution < -0.4 is 0 Å². The van der Waals surface area contributed by atoms with Crippen molar-refractivity contribution < 1.29 is 12.5 Å². The maximum Gasteiger partial charge on any atom is 0.168 e. The Balaban J connectivity index is 1.68. The quantitative estimate of drug-likeness (QED) is 0.756. The van der Waals surface area contributed by atoms with E-state index in [1.807, 2.05) is 0 Å². The number of ether oxygens (including phenoxy) is 2. The molecule has 1 spiro atoms. The first-order valence-corrected chi connectivity index (χ1v) is 7.76. The van der Waals surface area contributed by atoms with E-state index in [4.69, 9.17) is 12.5 Å². The zero-order valence-corrected chi connectivity index (χ0v) is 13.1. The summed E-state index contributed by atoms with van der Waals surface area (Å²) in [5, 5.41) is 0. The Hall–Kier alpha value is -0.170. The molecule has 0 unspecified atom stereocenters. The Morgan fingerprint density at radius 2 is 1.63 bits per heavy atom. The van der Waals surface area contributed by atoms with Gasteiger partial charge in [0, 0.05) is 19.3 Å². The highest BCUT2D eigenvalue weighted by molar-refractivity contribution is 14.1. The lowest BCUT2D eigenvalue weighted by molar-refractivity contribution is -0.195. The SMILES string of the molecule is IOC1(Cc2ccccc2)CCC2(CC1)OCCO2. The van der Waals surface area contributed by atoms with Crippen molar-refractivity contribution >= 4 is 23.0 Å². The highest BCUT2D eigenvalue weighted by Gasteiger charge is 2.46. The first-order chi connectivity index (χ1) is 9.26. The number of benzene rings is 1. The highest BCUT2D eigenvalue weighted by Crippen LogP contribution is 2.44. The van der Waals surface area contributed by atoms with Crippen LogP contribution in [0.1, 0.15) is 31.2 Å². The molecule has 104 valence electrons. The van der Waals surface area contributed by atoms with Gasteiger partial charge in [-0.05, 0) is 18.4 Å². The van der Waals surface area contributed by atoms with E-state index in [-0.39, 0.29) is 11.4 Å². The summed E-state index contributed by atoms with van der Waals surface area (Å²) in [6.07, 6.45) is 4.81. The van der Waals surface area contributed by atoms with Crippen LogP contribution in [0.4, 0.5) is 0 Å². The molecule has 0 N–H and O–H groups in total. The molecule has 0 bridgehead atoms. The topological polar surface area (TPSA) is 27.7 Å². The van der Waals surface area contributed by atoms with Crippen LogP contribution >= 0.6 is 23.0 Å². The van der Waals surface area contributed by atoms with Gasteiger partial charge in [-0.3, -0.25) is 0 Å². The van der Waals surface area contributed by atoms with Gasteiger partial charge in [-0.1, -0.05) is 30.3 Å². The van der Waals surface area contributed by atoms with E-state index < -0.39 is 0 Å². The van der Waals surface area contributed by atoms with Crippen LogP contribution in [0.3, 0.4) is 0 Å². The zero-order valence-electron chi connectivity index (χ0n) is 10.9. The fourth-order valence-electron chi connectivity index (χ4n) is 3.12. The molecule has 2 fully saturated rings. The van der Waals surface area contributed by atoms with E-state index in [0.29, 0.717) is 0 Å². The Bertz CT molecular complexity index is 405. The molecule has 1 aromatic carbocycles. The van der Waals surface area contributed by atoms with E-state index in [1.165, 1.54) is 5.56 Å². The molecule has 2 aliphatic rings. The molecule has 1 saturated carbocycles. The predicted octanol–water partition coefficient (Wildman–Crippen LogP) is 3.65. The summed E-state index contributed by atoms with van der Waals surface area (Å²) in [6.45, 7) is 1.47. The van der Waals surface area contributed by atoms with Gasteiger partial charge in [0.2, 0.25) is 0 Å². The van der Waals surface area contributed by atoms with Crippen molar-refractivity contribution in [1.82, 2.24) is 0 Å². The molecule has 3 rings (SSSR count). The van der Waals surface area contributed by atoms with E-state index in [9.17, 15) is 0 Å². The van der Waals surface area contributed by atoms with Crippen LogP contribution in [0.2, 0.25) is 0 Å². The Morgan fingerprint density at radius 3 is 2.21 bits per heavy atom. The van der Waals surface area contributed by atoms with Gasteiger partial charge in [-0.15, -0.1) is 0 Å². The first kappa shape index (κ1) is 13.8. The lowest BCUT2D eigenvalue weighted by atomic mass is 9.78. The van der Waals surface area contributed by atoms with Gasteiger partial charge in [0.1, 0.15) is 23.0 Å². The lowest BCUT2D eigenvalue weighted by Crippen LogP contribution is -2.45. The summed E-state index contributed by atoms with van der Waals surface area (Å²) in [4.78, 5) is 0. The number of hydrogen-bond acceptors (Lipinski definition) is 3. The summed E-state index contributed by atoms with van der Waals surface area (Å²) in [5.74, 6) is -0.310. The van der Waals surface area contributed by atoms with Crippen LogP contribution in [0.25, 0.3) is 0 Å². The summed E-state index contributed by atoms with van der Waals surface area (Å²) < 4.78 is 17.4. The minimum absolute atomic E-state index is 0.0670. The van der Waals surface area contributed by atoms with Gasteiger partial charge in [-0.2, -0.15) is 0 Å². The summed E-state index contributed by atoms with van der Waals surface area (Å²) in [5.41, 5.74) is 1.27. The predicted molar refractivity (Wildman–Crippen MR) is 81.1 cm³/mol. The average Bonchev–Trinajstić information content (AvgIpc) is 2.92. The lowest BCUT2D eigenvalue weighted by Gasteiger charge is -2.42. The van der Waals surface area contributed by atoms with Crippen molar-refractivity contribution in [2.75, 3.05) is 13.2 Å². The second-order valence-electron chi connectivity index (χ2n) is 5.53. The van der Waals surface area contributed by atoms with Crippen molar-refractivity contribution in [2.24, 2.45) is 0 Å². The first-order valence-electron chi connectivity index (χ1n) is 6.88. The molecule has 1 aromatic rings. The molecule has 1 saturated heterocycles. The van der Waals surface area contributed by atoms with E-state index in [2.05, 4.69) is 53.3 Å². The van der Waals surface area contributed by atoms with Crippen molar-refractivity contribution in [3.05, 3.63) is 35.9 Å². The molecular weight excluding hydrogens is 355 g/mol. The van der Waals surface area contributed by atoms with Crippen LogP contribution in [0, 0.1) is 0 Å². The van der Waals surface area contributed by atoms with E-state index in [1.54, 1.807) is 0 Å². The van der Waals surface area contributed by atoms with Crippen molar-refractivity contribution in [3.63, 3.8) is 0 Å². The van der Waals surface area contributed by atoms with Gasteiger partial charge < -0.3 is 12.5 Å². The smallest absolute Gasteiger partial charge is 0.168 e.